The van der Waals surface area contributed by atoms with E-state index in [1.54, 1.807) is 43.3 Å². The van der Waals surface area contributed by atoms with Crippen molar-refractivity contribution in [3.05, 3.63) is 90.5 Å². The predicted molar refractivity (Wildman–Crippen MR) is 191 cm³/mol. The van der Waals surface area contributed by atoms with Crippen LogP contribution in [-0.2, 0) is 28.7 Å². The van der Waals surface area contributed by atoms with Gasteiger partial charge in [-0.15, -0.1) is 13.2 Å². The molecule has 0 unspecified atom stereocenters. The second-order valence-electron chi connectivity index (χ2n) is 13.6. The number of para-hydroxylation sites is 1. The van der Waals surface area contributed by atoms with Gasteiger partial charge in [-0.2, -0.15) is 0 Å². The van der Waals surface area contributed by atoms with Gasteiger partial charge in [0, 0.05) is 13.0 Å². The summed E-state index contributed by atoms with van der Waals surface area (Å²) in [5.74, 6) is -3.89. The molecule has 3 fully saturated rings. The Morgan fingerprint density at radius 1 is 1.14 bits per heavy atom. The molecule has 0 saturated carbocycles. The van der Waals surface area contributed by atoms with Crippen molar-refractivity contribution in [2.75, 3.05) is 18.1 Å². The SMILES string of the molecule is C=CCCC(=O)N[C@@H](C)[C@H](OC(=O)[C@@H]1[C@@H]2CC[C@]3(O2)[C@H](C(=O)N(CC=C)c2ccccc2Cl)N([C@@H](CO)[C@@H](C)CC)C(=O)[C@@H]13)c1ccccc1. The third kappa shape index (κ3) is 6.85. The van der Waals surface area contributed by atoms with E-state index >= 15 is 0 Å². The minimum atomic E-state index is -1.34. The van der Waals surface area contributed by atoms with Gasteiger partial charge in [0.05, 0.1) is 47.3 Å². The summed E-state index contributed by atoms with van der Waals surface area (Å²) in [6.07, 6.45) is 3.92. The van der Waals surface area contributed by atoms with Crippen LogP contribution in [0.3, 0.4) is 0 Å². The highest BCUT2D eigenvalue weighted by Gasteiger charge is 2.76. The topological polar surface area (TPSA) is 125 Å². The van der Waals surface area contributed by atoms with Crippen molar-refractivity contribution in [2.45, 2.75) is 88.8 Å². The number of allylic oxidation sites excluding steroid dienone is 1. The van der Waals surface area contributed by atoms with E-state index in [9.17, 15) is 24.3 Å². The zero-order valence-electron chi connectivity index (χ0n) is 29.0. The van der Waals surface area contributed by atoms with Crippen molar-refractivity contribution in [1.82, 2.24) is 10.2 Å². The van der Waals surface area contributed by atoms with E-state index in [0.29, 0.717) is 42.0 Å². The first-order valence-electron chi connectivity index (χ1n) is 17.5. The quantitative estimate of drug-likeness (QED) is 0.177. The Morgan fingerprint density at radius 3 is 2.48 bits per heavy atom. The number of carbonyl (C=O) groups excluding carboxylic acids is 4. The predicted octanol–water partition coefficient (Wildman–Crippen LogP) is 5.40. The molecule has 5 rings (SSSR count). The molecular weight excluding hydrogens is 658 g/mol. The van der Waals surface area contributed by atoms with Gasteiger partial charge in [-0.05, 0) is 49.8 Å². The smallest absolute Gasteiger partial charge is 0.313 e. The van der Waals surface area contributed by atoms with Gasteiger partial charge in [-0.1, -0.05) is 86.5 Å². The molecule has 1 spiro atoms. The maximum Gasteiger partial charge on any atom is 0.313 e. The lowest BCUT2D eigenvalue weighted by Gasteiger charge is -2.41. The van der Waals surface area contributed by atoms with Crippen molar-refractivity contribution in [3.8, 4) is 0 Å². The van der Waals surface area contributed by atoms with Gasteiger partial charge in [0.15, 0.2) is 0 Å². The van der Waals surface area contributed by atoms with E-state index in [2.05, 4.69) is 18.5 Å². The first kappa shape index (κ1) is 37.3. The van der Waals surface area contributed by atoms with Crippen molar-refractivity contribution in [2.24, 2.45) is 17.8 Å². The molecule has 2 N–H and O–H groups in total. The van der Waals surface area contributed by atoms with Gasteiger partial charge in [-0.3, -0.25) is 19.2 Å². The van der Waals surface area contributed by atoms with E-state index < -0.39 is 65.6 Å². The monoisotopic (exact) mass is 705 g/mol. The number of carbonyl (C=O) groups is 4. The Labute approximate surface area is 299 Å². The second kappa shape index (κ2) is 15.9. The Balaban J connectivity index is 1.53. The molecule has 3 aliphatic heterocycles. The number of aliphatic hydroxyl groups is 1. The molecule has 50 heavy (non-hydrogen) atoms. The Morgan fingerprint density at radius 2 is 1.84 bits per heavy atom. The van der Waals surface area contributed by atoms with Crippen LogP contribution in [0.5, 0.6) is 0 Å². The Bertz CT molecular complexity index is 1590. The molecule has 9 atom stereocenters. The van der Waals surface area contributed by atoms with Crippen LogP contribution in [0.1, 0.15) is 64.5 Å². The second-order valence-corrected chi connectivity index (χ2v) is 14.0. The lowest BCUT2D eigenvalue weighted by Crippen LogP contribution is -2.60. The number of nitrogens with one attached hydrogen (secondary N) is 1. The zero-order chi connectivity index (χ0) is 36.2. The van der Waals surface area contributed by atoms with Crippen molar-refractivity contribution in [1.29, 1.82) is 0 Å². The molecule has 2 aromatic rings. The van der Waals surface area contributed by atoms with Crippen molar-refractivity contribution in [3.63, 3.8) is 0 Å². The summed E-state index contributed by atoms with van der Waals surface area (Å²) in [4.78, 5) is 59.8. The van der Waals surface area contributed by atoms with Gasteiger partial charge >= 0.3 is 5.97 Å². The summed E-state index contributed by atoms with van der Waals surface area (Å²) < 4.78 is 12.9. The molecule has 3 amide bonds. The van der Waals surface area contributed by atoms with E-state index in [1.165, 1.54) is 9.80 Å². The number of hydrogen-bond donors (Lipinski definition) is 2. The Hall–Kier alpha value is -3.99. The lowest BCUT2D eigenvalue weighted by molar-refractivity contribution is -0.162. The van der Waals surface area contributed by atoms with Crippen LogP contribution >= 0.6 is 11.6 Å². The molecule has 0 aromatic heterocycles. The standard InChI is InChI=1S/C39H48ClN3O7/c1-6-9-19-31(45)41-25(5)34(26-15-11-10-12-16-26)49-38(48)32-30-20-21-39(50-30)33(32)36(46)43(29(23-44)24(4)8-3)35(39)37(47)42(22-7-2)28-18-14-13-17-27(28)40/h6-7,10-18,24-25,29-30,32-35,44H,1-2,8-9,19-23H2,3-5H3,(H,41,45)/t24-,25-,29-,30-,32+,33+,34-,35-,39+/m0/s1. The third-order valence-electron chi connectivity index (χ3n) is 10.6. The summed E-state index contributed by atoms with van der Waals surface area (Å²) in [7, 11) is 0. The molecular formula is C39H48ClN3O7. The maximum absolute atomic E-state index is 14.9. The summed E-state index contributed by atoms with van der Waals surface area (Å²) in [5, 5.41) is 14.0. The molecule has 0 aliphatic carbocycles. The molecule has 0 radical (unpaired) electrons. The molecule has 2 aromatic carbocycles. The molecule has 11 heteroatoms. The van der Waals surface area contributed by atoms with E-state index in [4.69, 9.17) is 21.1 Å². The molecule has 3 heterocycles. The van der Waals surface area contributed by atoms with Gasteiger partial charge in [0.25, 0.3) is 5.91 Å². The maximum atomic E-state index is 14.9. The van der Waals surface area contributed by atoms with E-state index in [0.717, 1.165) is 0 Å². The summed E-state index contributed by atoms with van der Waals surface area (Å²) in [6, 6.07) is 13.6. The van der Waals surface area contributed by atoms with Crippen LogP contribution in [0.25, 0.3) is 0 Å². The highest BCUT2D eigenvalue weighted by atomic mass is 35.5. The molecule has 3 aliphatic rings. The number of fused-ring (bicyclic) bond motifs is 1. The van der Waals surface area contributed by atoms with Gasteiger partial charge in [-0.25, -0.2) is 0 Å². The van der Waals surface area contributed by atoms with E-state index in [-0.39, 0.29) is 31.4 Å². The number of likely N-dealkylation sites (tertiary alicyclic amines) is 1. The number of hydrogen-bond acceptors (Lipinski definition) is 7. The highest BCUT2D eigenvalue weighted by Crippen LogP contribution is 2.60. The van der Waals surface area contributed by atoms with Crippen LogP contribution < -0.4 is 10.2 Å². The van der Waals surface area contributed by atoms with E-state index in [1.807, 2.05) is 44.2 Å². The number of esters is 1. The Kier molecular flexibility index (Phi) is 11.9. The minimum Gasteiger partial charge on any atom is -0.455 e. The number of aliphatic hydroxyl groups excluding tert-OH is 1. The first-order chi connectivity index (χ1) is 24.0. The number of anilines is 1. The largest absolute Gasteiger partial charge is 0.455 e. The van der Waals surface area contributed by atoms with Crippen LogP contribution in [0, 0.1) is 17.8 Å². The van der Waals surface area contributed by atoms with Gasteiger partial charge in [0.2, 0.25) is 11.8 Å². The summed E-state index contributed by atoms with van der Waals surface area (Å²) in [6.45, 7) is 12.9. The fraction of sp³-hybridized carbons (Fsp3) is 0.487. The number of halogens is 1. The van der Waals surface area contributed by atoms with Crippen molar-refractivity contribution >= 4 is 41.0 Å². The normalized spacial score (nSPS) is 26.0. The zero-order valence-corrected chi connectivity index (χ0v) is 29.8. The van der Waals surface area contributed by atoms with Crippen molar-refractivity contribution < 1.29 is 33.8 Å². The fourth-order valence-electron chi connectivity index (χ4n) is 8.00. The molecule has 10 nitrogen and oxygen atoms in total. The number of ether oxygens (including phenoxy) is 2. The highest BCUT2D eigenvalue weighted by molar-refractivity contribution is 6.34. The summed E-state index contributed by atoms with van der Waals surface area (Å²) in [5.41, 5.74) is -0.203. The molecule has 3 saturated heterocycles. The van der Waals surface area contributed by atoms with Gasteiger partial charge in [0.1, 0.15) is 17.7 Å². The van der Waals surface area contributed by atoms with Crippen LogP contribution in [0.15, 0.2) is 79.9 Å². The summed E-state index contributed by atoms with van der Waals surface area (Å²) >= 11 is 6.60. The number of benzene rings is 2. The van der Waals surface area contributed by atoms with Crippen LogP contribution in [-0.4, -0.2) is 76.7 Å². The number of amides is 3. The molecule has 268 valence electrons. The minimum absolute atomic E-state index is 0.110. The average molecular weight is 706 g/mol. The first-order valence-corrected chi connectivity index (χ1v) is 17.9. The number of rotatable bonds is 16. The average Bonchev–Trinajstić information content (AvgIpc) is 3.76. The fourth-order valence-corrected chi connectivity index (χ4v) is 8.24. The van der Waals surface area contributed by atoms with Gasteiger partial charge < -0.3 is 29.7 Å². The molecule has 2 bridgehead atoms. The van der Waals surface area contributed by atoms with Crippen LogP contribution in [0.2, 0.25) is 5.02 Å². The van der Waals surface area contributed by atoms with Crippen LogP contribution in [0.4, 0.5) is 5.69 Å². The lowest BCUT2D eigenvalue weighted by atomic mass is 9.70. The number of nitrogens with zero attached hydrogens (tertiary/aromatic N) is 2. The third-order valence-corrected chi connectivity index (χ3v) is 10.9.